The summed E-state index contributed by atoms with van der Waals surface area (Å²) in [5.41, 5.74) is 3.56. The van der Waals surface area contributed by atoms with Gasteiger partial charge in [-0.25, -0.2) is 4.98 Å². The number of amides is 2. The molecule has 31 heavy (non-hydrogen) atoms. The van der Waals surface area contributed by atoms with Crippen molar-refractivity contribution >= 4 is 17.5 Å². The lowest BCUT2D eigenvalue weighted by atomic mass is 10.1. The molecule has 1 aromatic carbocycles. The van der Waals surface area contributed by atoms with Crippen molar-refractivity contribution in [2.45, 2.75) is 26.4 Å². The maximum atomic E-state index is 12.8. The maximum Gasteiger partial charge on any atom is 0.253 e. The van der Waals surface area contributed by atoms with Crippen LogP contribution in [-0.4, -0.2) is 57.2 Å². The van der Waals surface area contributed by atoms with Gasteiger partial charge in [0, 0.05) is 50.1 Å². The van der Waals surface area contributed by atoms with Crippen LogP contribution in [0.2, 0.25) is 0 Å². The molecule has 3 aromatic rings. The SMILES string of the molecule is Cc1ccc2nc(COc3ccc(C(=O)N4CCN(C(=O)C5CC5)CC4)cc3)cn2c1. The summed E-state index contributed by atoms with van der Waals surface area (Å²) in [7, 11) is 0. The fourth-order valence-corrected chi connectivity index (χ4v) is 3.98. The standard InChI is InChI=1S/C24H26N4O3/c1-17-2-9-22-25-20(15-28(22)14-17)16-31-21-7-5-19(6-8-21)24(30)27-12-10-26(11-13-27)23(29)18-3-4-18/h2,5-9,14-15,18H,3-4,10-13,16H2,1H3. The highest BCUT2D eigenvalue weighted by atomic mass is 16.5. The molecule has 1 saturated heterocycles. The van der Waals surface area contributed by atoms with E-state index in [0.29, 0.717) is 44.1 Å². The summed E-state index contributed by atoms with van der Waals surface area (Å²) in [4.78, 5) is 33.3. The lowest BCUT2D eigenvalue weighted by Crippen LogP contribution is -2.51. The molecule has 5 rings (SSSR count). The number of carbonyl (C=O) groups excluding carboxylic acids is 2. The first-order valence-electron chi connectivity index (χ1n) is 10.8. The number of nitrogens with zero attached hydrogens (tertiary/aromatic N) is 4. The van der Waals surface area contributed by atoms with Crippen molar-refractivity contribution in [3.8, 4) is 5.75 Å². The molecule has 2 fully saturated rings. The van der Waals surface area contributed by atoms with Gasteiger partial charge in [-0.2, -0.15) is 0 Å². The first-order valence-corrected chi connectivity index (χ1v) is 10.8. The molecule has 2 amide bonds. The molecule has 0 unspecified atom stereocenters. The number of carbonyl (C=O) groups is 2. The van der Waals surface area contributed by atoms with Crippen LogP contribution >= 0.6 is 0 Å². The summed E-state index contributed by atoms with van der Waals surface area (Å²) in [6.45, 7) is 4.84. The van der Waals surface area contributed by atoms with Gasteiger partial charge in [0.1, 0.15) is 18.0 Å². The van der Waals surface area contributed by atoms with E-state index in [1.54, 1.807) is 12.1 Å². The Morgan fingerprint density at radius 3 is 2.39 bits per heavy atom. The zero-order valence-corrected chi connectivity index (χ0v) is 17.7. The second-order valence-electron chi connectivity index (χ2n) is 8.41. The van der Waals surface area contributed by atoms with Crippen molar-refractivity contribution in [1.82, 2.24) is 19.2 Å². The number of aryl methyl sites for hydroxylation is 1. The molecule has 7 nitrogen and oxygen atoms in total. The molecule has 0 N–H and O–H groups in total. The predicted octanol–water partition coefficient (Wildman–Crippen LogP) is 2.92. The van der Waals surface area contributed by atoms with E-state index in [4.69, 9.17) is 4.74 Å². The number of piperazine rings is 1. The number of hydrogen-bond donors (Lipinski definition) is 0. The molecule has 160 valence electrons. The van der Waals surface area contributed by atoms with Crippen LogP contribution in [0.4, 0.5) is 0 Å². The van der Waals surface area contributed by atoms with Crippen LogP contribution in [0.3, 0.4) is 0 Å². The van der Waals surface area contributed by atoms with Crippen molar-refractivity contribution in [3.63, 3.8) is 0 Å². The average Bonchev–Trinajstić information content (AvgIpc) is 3.57. The number of hydrogen-bond acceptors (Lipinski definition) is 4. The Bertz CT molecular complexity index is 1110. The normalized spacial score (nSPS) is 16.5. The zero-order valence-electron chi connectivity index (χ0n) is 17.7. The van der Waals surface area contributed by atoms with Crippen LogP contribution in [0.15, 0.2) is 48.8 Å². The average molecular weight is 418 g/mol. The van der Waals surface area contributed by atoms with E-state index in [2.05, 4.69) is 4.98 Å². The fraction of sp³-hybridized carbons (Fsp3) is 0.375. The molecule has 0 radical (unpaired) electrons. The molecule has 1 saturated carbocycles. The minimum Gasteiger partial charge on any atom is -0.487 e. The van der Waals surface area contributed by atoms with Gasteiger partial charge >= 0.3 is 0 Å². The first kappa shape index (κ1) is 19.6. The fourth-order valence-electron chi connectivity index (χ4n) is 3.98. The van der Waals surface area contributed by atoms with Crippen LogP contribution < -0.4 is 4.74 Å². The van der Waals surface area contributed by atoms with E-state index < -0.39 is 0 Å². The molecule has 0 atom stereocenters. The van der Waals surface area contributed by atoms with E-state index in [1.165, 1.54) is 5.56 Å². The van der Waals surface area contributed by atoms with E-state index >= 15 is 0 Å². The summed E-state index contributed by atoms with van der Waals surface area (Å²) >= 11 is 0. The number of rotatable bonds is 5. The highest BCUT2D eigenvalue weighted by Crippen LogP contribution is 2.31. The molecule has 7 heteroatoms. The number of ether oxygens (including phenoxy) is 1. The van der Waals surface area contributed by atoms with E-state index in [1.807, 2.05) is 57.8 Å². The third-order valence-corrected chi connectivity index (χ3v) is 5.94. The second-order valence-corrected chi connectivity index (χ2v) is 8.41. The Labute approximate surface area is 181 Å². The maximum absolute atomic E-state index is 12.8. The zero-order chi connectivity index (χ0) is 21.4. The van der Waals surface area contributed by atoms with Crippen molar-refractivity contribution < 1.29 is 14.3 Å². The van der Waals surface area contributed by atoms with Crippen molar-refractivity contribution in [2.75, 3.05) is 26.2 Å². The lowest BCUT2D eigenvalue weighted by molar-refractivity contribution is -0.134. The summed E-state index contributed by atoms with van der Waals surface area (Å²) < 4.78 is 7.85. The van der Waals surface area contributed by atoms with Gasteiger partial charge in [-0.15, -0.1) is 0 Å². The lowest BCUT2D eigenvalue weighted by Gasteiger charge is -2.35. The van der Waals surface area contributed by atoms with E-state index in [9.17, 15) is 9.59 Å². The molecule has 0 bridgehead atoms. The van der Waals surface area contributed by atoms with Crippen molar-refractivity contribution in [3.05, 3.63) is 65.6 Å². The van der Waals surface area contributed by atoms with Gasteiger partial charge in [-0.3, -0.25) is 9.59 Å². The monoisotopic (exact) mass is 418 g/mol. The van der Waals surface area contributed by atoms with Gasteiger partial charge < -0.3 is 18.9 Å². The minimum absolute atomic E-state index is 0.000733. The third kappa shape index (κ3) is 4.26. The summed E-state index contributed by atoms with van der Waals surface area (Å²) in [6, 6.07) is 11.3. The second kappa shape index (κ2) is 8.06. The topological polar surface area (TPSA) is 67.2 Å². The first-order chi connectivity index (χ1) is 15.1. The number of aromatic nitrogens is 2. The smallest absolute Gasteiger partial charge is 0.253 e. The Morgan fingerprint density at radius 1 is 0.968 bits per heavy atom. The Kier molecular flexibility index (Phi) is 5.10. The van der Waals surface area contributed by atoms with Crippen LogP contribution in [0.25, 0.3) is 5.65 Å². The van der Waals surface area contributed by atoms with Gasteiger partial charge in [0.15, 0.2) is 0 Å². The molecule has 0 spiro atoms. The van der Waals surface area contributed by atoms with Gasteiger partial charge in [0.2, 0.25) is 5.91 Å². The number of pyridine rings is 1. The summed E-state index contributed by atoms with van der Waals surface area (Å²) in [5.74, 6) is 1.19. The van der Waals surface area contributed by atoms with Crippen LogP contribution in [0, 0.1) is 12.8 Å². The molecular weight excluding hydrogens is 392 g/mol. The summed E-state index contributed by atoms with van der Waals surface area (Å²) in [6.07, 6.45) is 6.04. The molecule has 1 aliphatic carbocycles. The predicted molar refractivity (Wildman–Crippen MR) is 116 cm³/mol. The van der Waals surface area contributed by atoms with E-state index in [0.717, 1.165) is 24.2 Å². The van der Waals surface area contributed by atoms with Gasteiger partial charge in [0.05, 0.1) is 5.69 Å². The van der Waals surface area contributed by atoms with Crippen LogP contribution in [0.1, 0.15) is 34.5 Å². The number of benzene rings is 1. The quantitative estimate of drug-likeness (QED) is 0.639. The number of imidazole rings is 1. The molecule has 2 aromatic heterocycles. The molecule has 2 aliphatic rings. The van der Waals surface area contributed by atoms with Gasteiger partial charge in [0.25, 0.3) is 5.91 Å². The van der Waals surface area contributed by atoms with Crippen LogP contribution in [-0.2, 0) is 11.4 Å². The molecule has 3 heterocycles. The van der Waals surface area contributed by atoms with Crippen LogP contribution in [0.5, 0.6) is 5.75 Å². The Hall–Kier alpha value is -3.35. The Morgan fingerprint density at radius 2 is 1.68 bits per heavy atom. The van der Waals surface area contributed by atoms with Gasteiger partial charge in [-0.1, -0.05) is 6.07 Å². The van der Waals surface area contributed by atoms with Crippen molar-refractivity contribution in [2.24, 2.45) is 5.92 Å². The van der Waals surface area contributed by atoms with Gasteiger partial charge in [-0.05, 0) is 55.7 Å². The third-order valence-electron chi connectivity index (χ3n) is 5.94. The minimum atomic E-state index is 0.000733. The number of fused-ring (bicyclic) bond motifs is 1. The van der Waals surface area contributed by atoms with Crippen molar-refractivity contribution in [1.29, 1.82) is 0 Å². The largest absolute Gasteiger partial charge is 0.487 e. The Balaban J connectivity index is 1.15. The highest BCUT2D eigenvalue weighted by molar-refractivity contribution is 5.94. The molecule has 1 aliphatic heterocycles. The molecular formula is C24H26N4O3. The summed E-state index contributed by atoms with van der Waals surface area (Å²) in [5, 5.41) is 0. The highest BCUT2D eigenvalue weighted by Gasteiger charge is 2.35. The van der Waals surface area contributed by atoms with E-state index in [-0.39, 0.29) is 17.7 Å².